The van der Waals surface area contributed by atoms with Crippen molar-refractivity contribution in [2.75, 3.05) is 0 Å². The first-order valence-corrected chi connectivity index (χ1v) is 15.8. The van der Waals surface area contributed by atoms with Crippen molar-refractivity contribution in [3.8, 4) is 0 Å². The van der Waals surface area contributed by atoms with Gasteiger partial charge in [-0.2, -0.15) is 0 Å². The number of rotatable bonds is 5. The zero-order valence-corrected chi connectivity index (χ0v) is 26.9. The molecule has 0 aromatic rings. The number of hydrogen-bond donors (Lipinski definition) is 1. The highest BCUT2D eigenvalue weighted by Gasteiger charge is 2.83. The van der Waals surface area contributed by atoms with Gasteiger partial charge in [0.25, 0.3) is 0 Å². The molecule has 44 heavy (non-hydrogen) atoms. The van der Waals surface area contributed by atoms with Crippen molar-refractivity contribution in [2.45, 2.75) is 117 Å². The molecule has 9 heteroatoms. The number of cyclic esters (lactones) is 1. The zero-order valence-electron chi connectivity index (χ0n) is 26.9. The minimum absolute atomic E-state index is 0.119. The molecule has 0 aromatic heterocycles. The average Bonchev–Trinajstić information content (AvgIpc) is 3.62. The number of esters is 3. The van der Waals surface area contributed by atoms with Crippen LogP contribution in [0.5, 0.6) is 0 Å². The topological polar surface area (TPSA) is 129 Å². The molecule has 2 aliphatic heterocycles. The van der Waals surface area contributed by atoms with Crippen LogP contribution in [-0.4, -0.2) is 64.4 Å². The lowest BCUT2D eigenvalue weighted by molar-refractivity contribution is -0.225. The Kier molecular flexibility index (Phi) is 7.02. The molecule has 3 fully saturated rings. The Labute approximate surface area is 258 Å². The summed E-state index contributed by atoms with van der Waals surface area (Å²) in [4.78, 5) is 51.7. The molecule has 1 saturated heterocycles. The van der Waals surface area contributed by atoms with Crippen molar-refractivity contribution >= 4 is 23.7 Å². The SMILES string of the molecule is CC(=O)O[C@H]1C=C([C@H](C)[C@H]2CC(C)=C(C)C(=O)O2)[C@@]2(C)CC[C@H]3[C@@H](C[C@H]4O[C@]45[C@@H](OC(=O)C=C(C)C)C=CC(=O)[C@]35C)[C@]12O. The van der Waals surface area contributed by atoms with E-state index in [1.54, 1.807) is 13.0 Å². The fourth-order valence-corrected chi connectivity index (χ4v) is 9.64. The third-order valence-electron chi connectivity index (χ3n) is 12.1. The van der Waals surface area contributed by atoms with E-state index in [-0.39, 0.29) is 23.6 Å². The summed E-state index contributed by atoms with van der Waals surface area (Å²) >= 11 is 0. The zero-order chi connectivity index (χ0) is 32.1. The number of aliphatic hydroxyl groups is 1. The summed E-state index contributed by atoms with van der Waals surface area (Å²) in [7, 11) is 0. The van der Waals surface area contributed by atoms with E-state index in [9.17, 15) is 24.3 Å². The summed E-state index contributed by atoms with van der Waals surface area (Å²) in [5.41, 5.74) is -1.16. The van der Waals surface area contributed by atoms with E-state index in [4.69, 9.17) is 18.9 Å². The number of ketones is 1. The second-order valence-electron chi connectivity index (χ2n) is 14.5. The van der Waals surface area contributed by atoms with Crippen LogP contribution in [0.2, 0.25) is 0 Å². The Morgan fingerprint density at radius 3 is 2.43 bits per heavy atom. The summed E-state index contributed by atoms with van der Waals surface area (Å²) < 4.78 is 24.1. The molecule has 0 radical (unpaired) electrons. The van der Waals surface area contributed by atoms with Gasteiger partial charge in [-0.1, -0.05) is 30.6 Å². The van der Waals surface area contributed by atoms with Gasteiger partial charge in [0.2, 0.25) is 0 Å². The predicted octanol–water partition coefficient (Wildman–Crippen LogP) is 4.47. The van der Waals surface area contributed by atoms with E-state index >= 15 is 0 Å². The minimum Gasteiger partial charge on any atom is -0.458 e. The molecule has 0 bridgehead atoms. The van der Waals surface area contributed by atoms with E-state index in [0.29, 0.717) is 31.3 Å². The summed E-state index contributed by atoms with van der Waals surface area (Å²) in [6.45, 7) is 14.6. The molecule has 6 aliphatic rings. The maximum Gasteiger partial charge on any atom is 0.333 e. The average molecular weight is 609 g/mol. The Morgan fingerprint density at radius 2 is 1.80 bits per heavy atom. The standard InChI is InChI=1S/C35H44O9/c1-17(2)13-30(38)43-27-10-9-26(37)33(8)22-11-12-32(7)23(20(5)25-14-18(3)19(4)31(39)42-25)15-28(41-21(6)36)34(32,40)24(22)16-29-35(27,33)44-29/h9-10,13,15,20,22,24-25,27-29,40H,11-12,14,16H2,1-8H3/t20-,22-,24+,25+,27-,28-,29+,32+,33-,34-,35+/m0/s1. The summed E-state index contributed by atoms with van der Waals surface area (Å²) in [5.74, 6) is -2.50. The van der Waals surface area contributed by atoms with E-state index in [2.05, 4.69) is 0 Å². The Bertz CT molecular complexity index is 1460. The molecule has 9 nitrogen and oxygen atoms in total. The van der Waals surface area contributed by atoms with Crippen LogP contribution in [0.1, 0.15) is 81.1 Å². The largest absolute Gasteiger partial charge is 0.458 e. The number of carbonyl (C=O) groups excluding carboxylic acids is 4. The second kappa shape index (κ2) is 9.98. The van der Waals surface area contributed by atoms with Gasteiger partial charge in [-0.15, -0.1) is 0 Å². The van der Waals surface area contributed by atoms with Gasteiger partial charge < -0.3 is 24.1 Å². The molecule has 4 aliphatic carbocycles. The maximum atomic E-state index is 13.9. The molecule has 0 unspecified atom stereocenters. The molecule has 6 rings (SSSR count). The van der Waals surface area contributed by atoms with Crippen molar-refractivity contribution in [1.82, 2.24) is 0 Å². The van der Waals surface area contributed by atoms with Gasteiger partial charge in [0.15, 0.2) is 11.9 Å². The molecule has 1 N–H and O–H groups in total. The lowest BCUT2D eigenvalue weighted by Crippen LogP contribution is -2.70. The van der Waals surface area contributed by atoms with Crippen molar-refractivity contribution < 1.29 is 43.2 Å². The second-order valence-corrected chi connectivity index (χ2v) is 14.5. The third kappa shape index (κ3) is 3.97. The van der Waals surface area contributed by atoms with Crippen LogP contribution in [-0.2, 0) is 38.1 Å². The molecular weight excluding hydrogens is 564 g/mol. The number of allylic oxidation sites excluding steroid dienone is 2. The van der Waals surface area contributed by atoms with Crippen molar-refractivity contribution in [2.24, 2.45) is 28.6 Å². The van der Waals surface area contributed by atoms with E-state index in [0.717, 1.165) is 16.7 Å². The van der Waals surface area contributed by atoms with Crippen LogP contribution < -0.4 is 0 Å². The quantitative estimate of drug-likeness (QED) is 0.158. The van der Waals surface area contributed by atoms with Crippen molar-refractivity contribution in [1.29, 1.82) is 0 Å². The number of ether oxygens (including phenoxy) is 4. The molecular formula is C35H44O9. The van der Waals surface area contributed by atoms with Crippen LogP contribution in [0.25, 0.3) is 0 Å². The first kappa shape index (κ1) is 31.0. The highest BCUT2D eigenvalue weighted by atomic mass is 16.7. The highest BCUT2D eigenvalue weighted by Crippen LogP contribution is 2.74. The van der Waals surface area contributed by atoms with Crippen LogP contribution in [0, 0.1) is 28.6 Å². The van der Waals surface area contributed by atoms with E-state index in [1.807, 2.05) is 47.6 Å². The first-order valence-electron chi connectivity index (χ1n) is 15.8. The van der Waals surface area contributed by atoms with Crippen molar-refractivity contribution in [3.05, 3.63) is 46.6 Å². The maximum absolute atomic E-state index is 13.9. The van der Waals surface area contributed by atoms with Gasteiger partial charge in [-0.3, -0.25) is 9.59 Å². The molecule has 2 saturated carbocycles. The molecule has 0 aromatic carbocycles. The molecule has 0 amide bonds. The number of hydrogen-bond acceptors (Lipinski definition) is 9. The van der Waals surface area contributed by atoms with Crippen LogP contribution >= 0.6 is 0 Å². The van der Waals surface area contributed by atoms with Gasteiger partial charge in [0, 0.05) is 36.3 Å². The molecule has 2 heterocycles. The summed E-state index contributed by atoms with van der Waals surface area (Å²) in [5, 5.41) is 13.0. The Morgan fingerprint density at radius 1 is 1.09 bits per heavy atom. The van der Waals surface area contributed by atoms with E-state index < -0.39 is 64.3 Å². The highest BCUT2D eigenvalue weighted by molar-refractivity contribution is 5.98. The van der Waals surface area contributed by atoms with Crippen molar-refractivity contribution in [3.63, 3.8) is 0 Å². The van der Waals surface area contributed by atoms with Gasteiger partial charge in [0.05, 0.1) is 11.5 Å². The predicted molar refractivity (Wildman–Crippen MR) is 159 cm³/mol. The van der Waals surface area contributed by atoms with Gasteiger partial charge >= 0.3 is 17.9 Å². The van der Waals surface area contributed by atoms with Gasteiger partial charge in [-0.25, -0.2) is 9.59 Å². The molecule has 238 valence electrons. The number of epoxide rings is 1. The third-order valence-corrected chi connectivity index (χ3v) is 12.1. The number of fused-ring (bicyclic) bond motifs is 4. The fourth-order valence-electron chi connectivity index (χ4n) is 9.64. The summed E-state index contributed by atoms with van der Waals surface area (Å²) in [6.07, 6.45) is 5.97. The smallest absolute Gasteiger partial charge is 0.333 e. The normalized spacial score (nSPS) is 44.2. The molecule has 11 atom stereocenters. The van der Waals surface area contributed by atoms with Crippen LogP contribution in [0.4, 0.5) is 0 Å². The molecule has 1 spiro atoms. The fraction of sp³-hybridized carbons (Fsp3) is 0.657. The van der Waals surface area contributed by atoms with E-state index in [1.165, 1.54) is 19.1 Å². The Hall–Kier alpha value is -3.04. The lowest BCUT2D eigenvalue weighted by atomic mass is 9.42. The minimum atomic E-state index is -1.54. The first-order chi connectivity index (χ1) is 20.5. The number of carbonyl (C=O) groups is 4. The lowest BCUT2D eigenvalue weighted by Gasteiger charge is -2.61. The van der Waals surface area contributed by atoms with Gasteiger partial charge in [-0.05, 0) is 83.9 Å². The Balaban J connectivity index is 1.38. The van der Waals surface area contributed by atoms with Gasteiger partial charge in [0.1, 0.15) is 23.4 Å². The van der Waals surface area contributed by atoms with Crippen LogP contribution in [0.3, 0.4) is 0 Å². The summed E-state index contributed by atoms with van der Waals surface area (Å²) in [6, 6.07) is 0. The van der Waals surface area contributed by atoms with Crippen LogP contribution in [0.15, 0.2) is 46.6 Å². The monoisotopic (exact) mass is 608 g/mol.